The topological polar surface area (TPSA) is 0 Å². The second kappa shape index (κ2) is 17.3. The molecule has 0 saturated heterocycles. The highest BCUT2D eigenvalue weighted by molar-refractivity contribution is 7.83. The lowest BCUT2D eigenvalue weighted by atomic mass is 9.89. The minimum absolute atomic E-state index is 1.05. The molecule has 0 aliphatic rings. The SMILES string of the molecule is c1ccc(C(/C(=C(\c2ccccc2)P(c2ccccc2)c2ccccc2)c2ccccc2)=C(/c2ccccc2)P(c2ccccc2)c2ccccc2)cc1. The van der Waals surface area contributed by atoms with Gasteiger partial charge in [0.05, 0.1) is 0 Å². The molecule has 0 N–H and O–H groups in total. The van der Waals surface area contributed by atoms with Crippen molar-refractivity contribution >= 4 is 58.8 Å². The summed E-state index contributed by atoms with van der Waals surface area (Å²) in [5, 5.41) is 7.91. The van der Waals surface area contributed by atoms with Crippen LogP contribution in [-0.2, 0) is 0 Å². The van der Waals surface area contributed by atoms with Gasteiger partial charge in [-0.15, -0.1) is 0 Å². The summed E-state index contributed by atoms with van der Waals surface area (Å²) in [7, 11) is -2.09. The molecule has 0 aromatic heterocycles. The van der Waals surface area contributed by atoms with Crippen molar-refractivity contribution in [2.75, 3.05) is 0 Å². The van der Waals surface area contributed by atoms with Crippen molar-refractivity contribution in [2.24, 2.45) is 0 Å². The van der Waals surface area contributed by atoms with Gasteiger partial charge in [0.25, 0.3) is 0 Å². The third-order valence-electron chi connectivity index (χ3n) is 9.45. The Bertz CT molecular complexity index is 2170. The van der Waals surface area contributed by atoms with Gasteiger partial charge in [-0.25, -0.2) is 0 Å². The van der Waals surface area contributed by atoms with E-state index in [2.05, 4.69) is 243 Å². The summed E-state index contributed by atoms with van der Waals surface area (Å²) in [6.07, 6.45) is 0. The summed E-state index contributed by atoms with van der Waals surface area (Å²) >= 11 is 0. The van der Waals surface area contributed by atoms with Gasteiger partial charge in [0.1, 0.15) is 0 Å². The van der Waals surface area contributed by atoms with Crippen LogP contribution < -0.4 is 21.2 Å². The van der Waals surface area contributed by atoms with Crippen LogP contribution in [0.3, 0.4) is 0 Å². The molecule has 54 heavy (non-hydrogen) atoms. The number of benzene rings is 8. The van der Waals surface area contributed by atoms with E-state index in [4.69, 9.17) is 0 Å². The Morgan fingerprint density at radius 2 is 0.389 bits per heavy atom. The van der Waals surface area contributed by atoms with Crippen LogP contribution in [0, 0.1) is 0 Å². The van der Waals surface area contributed by atoms with Gasteiger partial charge in [0.15, 0.2) is 0 Å². The Balaban J connectivity index is 1.64. The summed E-state index contributed by atoms with van der Waals surface area (Å²) in [6.45, 7) is 0. The molecular formula is C52H40P2. The summed E-state index contributed by atoms with van der Waals surface area (Å²) in [5.74, 6) is 0. The van der Waals surface area contributed by atoms with E-state index in [1.165, 1.54) is 65.2 Å². The molecule has 0 aliphatic carbocycles. The van der Waals surface area contributed by atoms with Gasteiger partial charge in [-0.2, -0.15) is 0 Å². The molecule has 0 saturated carbocycles. The van der Waals surface area contributed by atoms with Gasteiger partial charge in [0, 0.05) is 10.6 Å². The first kappa shape index (κ1) is 35.1. The quantitative estimate of drug-likeness (QED) is 0.0707. The summed E-state index contributed by atoms with van der Waals surface area (Å²) in [5.41, 5.74) is 7.34. The maximum absolute atomic E-state index is 2.31. The minimum atomic E-state index is -1.05. The largest absolute Gasteiger partial charge is 0.0622 e. The van der Waals surface area contributed by atoms with Crippen molar-refractivity contribution in [1.82, 2.24) is 0 Å². The molecule has 8 rings (SSSR count). The van der Waals surface area contributed by atoms with Crippen molar-refractivity contribution in [3.63, 3.8) is 0 Å². The van der Waals surface area contributed by atoms with Crippen molar-refractivity contribution in [3.8, 4) is 0 Å². The van der Waals surface area contributed by atoms with Crippen LogP contribution in [0.4, 0.5) is 0 Å². The smallest absolute Gasteiger partial charge is 0.000641 e. The monoisotopic (exact) mass is 726 g/mol. The maximum atomic E-state index is 2.31. The highest BCUT2D eigenvalue weighted by atomic mass is 31.1. The summed E-state index contributed by atoms with van der Waals surface area (Å²) < 4.78 is 0. The molecule has 8 aromatic rings. The fourth-order valence-corrected chi connectivity index (χ4v) is 12.3. The lowest BCUT2D eigenvalue weighted by Gasteiger charge is -2.32. The van der Waals surface area contributed by atoms with Crippen LogP contribution >= 0.6 is 15.8 Å². The molecular weight excluding hydrogens is 687 g/mol. The molecule has 258 valence electrons. The molecule has 0 aliphatic heterocycles. The van der Waals surface area contributed by atoms with Gasteiger partial charge < -0.3 is 0 Å². The van der Waals surface area contributed by atoms with Gasteiger partial charge in [-0.1, -0.05) is 243 Å². The van der Waals surface area contributed by atoms with Gasteiger partial charge in [0.2, 0.25) is 0 Å². The highest BCUT2D eigenvalue weighted by Gasteiger charge is 2.32. The van der Waals surface area contributed by atoms with E-state index in [1.54, 1.807) is 0 Å². The van der Waals surface area contributed by atoms with Crippen molar-refractivity contribution < 1.29 is 0 Å². The van der Waals surface area contributed by atoms with Crippen molar-refractivity contribution in [2.45, 2.75) is 0 Å². The van der Waals surface area contributed by atoms with Gasteiger partial charge >= 0.3 is 0 Å². The fraction of sp³-hybridized carbons (Fsp3) is 0. The Morgan fingerprint density at radius 1 is 0.204 bits per heavy atom. The molecule has 0 bridgehead atoms. The van der Waals surface area contributed by atoms with E-state index in [-0.39, 0.29) is 0 Å². The molecule has 0 unspecified atom stereocenters. The maximum Gasteiger partial charge on any atom is 0.000641 e. The van der Waals surface area contributed by atoms with E-state index >= 15 is 0 Å². The Labute approximate surface area is 322 Å². The number of rotatable bonds is 11. The first-order valence-corrected chi connectivity index (χ1v) is 21.1. The highest BCUT2D eigenvalue weighted by Crippen LogP contribution is 2.60. The summed E-state index contributed by atoms with van der Waals surface area (Å²) in [6, 6.07) is 89.0. The molecule has 0 nitrogen and oxygen atoms in total. The third kappa shape index (κ3) is 7.74. The molecule has 0 heterocycles. The average molecular weight is 727 g/mol. The first-order chi connectivity index (χ1) is 26.9. The average Bonchev–Trinajstić information content (AvgIpc) is 3.27. The molecule has 0 amide bonds. The molecule has 0 radical (unpaired) electrons. The van der Waals surface area contributed by atoms with Crippen LogP contribution in [0.5, 0.6) is 0 Å². The first-order valence-electron chi connectivity index (χ1n) is 18.4. The molecule has 0 atom stereocenters. The van der Waals surface area contributed by atoms with Crippen molar-refractivity contribution in [1.29, 1.82) is 0 Å². The van der Waals surface area contributed by atoms with E-state index in [0.29, 0.717) is 0 Å². The zero-order valence-electron chi connectivity index (χ0n) is 30.0. The van der Waals surface area contributed by atoms with Crippen LogP contribution in [0.25, 0.3) is 21.8 Å². The predicted molar refractivity (Wildman–Crippen MR) is 238 cm³/mol. The Hall–Kier alpha value is -5.90. The molecule has 0 fully saturated rings. The second-order valence-corrected chi connectivity index (χ2v) is 17.2. The van der Waals surface area contributed by atoms with Crippen LogP contribution in [0.15, 0.2) is 243 Å². The van der Waals surface area contributed by atoms with Gasteiger partial charge in [-0.3, -0.25) is 0 Å². The Morgan fingerprint density at radius 3 is 0.611 bits per heavy atom. The lowest BCUT2D eigenvalue weighted by Crippen LogP contribution is -2.16. The fourth-order valence-electron chi connectivity index (χ4n) is 7.09. The van der Waals surface area contributed by atoms with E-state index in [9.17, 15) is 0 Å². The Kier molecular flexibility index (Phi) is 11.2. The number of hydrogen-bond donors (Lipinski definition) is 0. The second-order valence-electron chi connectivity index (χ2n) is 12.9. The van der Waals surface area contributed by atoms with Crippen LogP contribution in [0.2, 0.25) is 0 Å². The minimum Gasteiger partial charge on any atom is -0.0622 e. The third-order valence-corrected chi connectivity index (χ3v) is 14.6. The van der Waals surface area contributed by atoms with Crippen LogP contribution in [-0.4, -0.2) is 0 Å². The zero-order valence-corrected chi connectivity index (χ0v) is 31.8. The zero-order chi connectivity index (χ0) is 36.4. The molecule has 0 spiro atoms. The summed E-state index contributed by atoms with van der Waals surface area (Å²) in [4.78, 5) is 0. The number of allylic oxidation sites excluding steroid dienone is 2. The van der Waals surface area contributed by atoms with Crippen molar-refractivity contribution in [3.05, 3.63) is 265 Å². The van der Waals surface area contributed by atoms with Crippen LogP contribution in [0.1, 0.15) is 22.3 Å². The molecule has 8 aromatic carbocycles. The van der Waals surface area contributed by atoms with E-state index in [1.807, 2.05) is 0 Å². The molecule has 2 heteroatoms. The van der Waals surface area contributed by atoms with Gasteiger partial charge in [-0.05, 0) is 70.5 Å². The lowest BCUT2D eigenvalue weighted by molar-refractivity contribution is 1.57. The predicted octanol–water partition coefficient (Wildman–Crippen LogP) is 12.4. The number of hydrogen-bond acceptors (Lipinski definition) is 0. The van der Waals surface area contributed by atoms with E-state index in [0.717, 1.165) is 0 Å². The standard InChI is InChI=1S/C52H40P2/c1-9-25-41(26-10-1)49(51(43-29-13-3-14-30-43)53(45-33-17-5-18-34-45)46-35-19-6-20-36-46)50(42-27-11-2-12-28-42)52(44-31-15-4-16-32-44)54(47-37-21-7-22-38-47)48-39-23-8-24-40-48/h1-40H/b51-49+,52-50+. The normalized spacial score (nSPS) is 12.3. The van der Waals surface area contributed by atoms with E-state index < -0.39 is 15.8 Å².